The zero-order valence-electron chi connectivity index (χ0n) is 9.90. The van der Waals surface area contributed by atoms with Crippen molar-refractivity contribution in [3.63, 3.8) is 0 Å². The number of nitrogens with zero attached hydrogens (tertiary/aromatic N) is 1. The SMILES string of the molecule is Cc1ccc(C#N)c(NC(C)c2cccs2)c1. The van der Waals surface area contributed by atoms with Gasteiger partial charge < -0.3 is 5.32 Å². The molecule has 1 N–H and O–H groups in total. The number of hydrogen-bond acceptors (Lipinski definition) is 3. The minimum absolute atomic E-state index is 0.226. The highest BCUT2D eigenvalue weighted by Gasteiger charge is 2.09. The van der Waals surface area contributed by atoms with Crippen LogP contribution in [0.2, 0.25) is 0 Å². The van der Waals surface area contributed by atoms with E-state index in [1.54, 1.807) is 11.3 Å². The van der Waals surface area contributed by atoms with Gasteiger partial charge >= 0.3 is 0 Å². The molecule has 0 aliphatic rings. The quantitative estimate of drug-likeness (QED) is 0.879. The lowest BCUT2D eigenvalue weighted by Crippen LogP contribution is -2.06. The van der Waals surface area contributed by atoms with E-state index >= 15 is 0 Å². The number of rotatable bonds is 3. The Hall–Kier alpha value is -1.79. The van der Waals surface area contributed by atoms with E-state index in [9.17, 15) is 0 Å². The second-order valence-corrected chi connectivity index (χ2v) is 5.02. The third kappa shape index (κ3) is 2.66. The van der Waals surface area contributed by atoms with Crippen LogP contribution in [-0.2, 0) is 0 Å². The molecule has 1 heterocycles. The Bertz CT molecular complexity index is 538. The van der Waals surface area contributed by atoms with Crippen molar-refractivity contribution < 1.29 is 0 Å². The van der Waals surface area contributed by atoms with Crippen molar-refractivity contribution in [1.82, 2.24) is 0 Å². The normalized spacial score (nSPS) is 11.8. The summed E-state index contributed by atoms with van der Waals surface area (Å²) in [5, 5.41) is 14.5. The monoisotopic (exact) mass is 242 g/mol. The van der Waals surface area contributed by atoms with E-state index in [1.165, 1.54) is 4.88 Å². The van der Waals surface area contributed by atoms with Crippen LogP contribution in [0.5, 0.6) is 0 Å². The molecule has 2 aromatic rings. The molecule has 0 aliphatic carbocycles. The molecule has 86 valence electrons. The van der Waals surface area contributed by atoms with Crippen molar-refractivity contribution >= 4 is 17.0 Å². The van der Waals surface area contributed by atoms with Gasteiger partial charge in [0.15, 0.2) is 0 Å². The van der Waals surface area contributed by atoms with E-state index in [0.29, 0.717) is 5.56 Å². The molecule has 1 unspecified atom stereocenters. The Balaban J connectivity index is 2.24. The topological polar surface area (TPSA) is 35.8 Å². The molecule has 0 amide bonds. The number of hydrogen-bond donors (Lipinski definition) is 1. The standard InChI is InChI=1S/C14H14N2S/c1-10-5-6-12(9-15)13(8-10)16-11(2)14-4-3-7-17-14/h3-8,11,16H,1-2H3. The summed E-state index contributed by atoms with van der Waals surface area (Å²) in [5.74, 6) is 0. The second kappa shape index (κ2) is 5.03. The van der Waals surface area contributed by atoms with Crippen LogP contribution in [0.3, 0.4) is 0 Å². The first-order valence-electron chi connectivity index (χ1n) is 5.51. The van der Waals surface area contributed by atoms with Crippen LogP contribution in [-0.4, -0.2) is 0 Å². The lowest BCUT2D eigenvalue weighted by atomic mass is 10.1. The van der Waals surface area contributed by atoms with Gasteiger partial charge in [-0.15, -0.1) is 11.3 Å². The van der Waals surface area contributed by atoms with Crippen LogP contribution in [0.4, 0.5) is 5.69 Å². The Morgan fingerprint density at radius 1 is 1.35 bits per heavy atom. The summed E-state index contributed by atoms with van der Waals surface area (Å²) < 4.78 is 0. The van der Waals surface area contributed by atoms with E-state index < -0.39 is 0 Å². The van der Waals surface area contributed by atoms with E-state index in [0.717, 1.165) is 11.3 Å². The molecular weight excluding hydrogens is 228 g/mol. The van der Waals surface area contributed by atoms with Crippen molar-refractivity contribution in [3.05, 3.63) is 51.7 Å². The van der Waals surface area contributed by atoms with Crippen molar-refractivity contribution in [2.75, 3.05) is 5.32 Å². The summed E-state index contributed by atoms with van der Waals surface area (Å²) in [6.07, 6.45) is 0. The second-order valence-electron chi connectivity index (χ2n) is 4.04. The Labute approximate surface area is 106 Å². The molecule has 0 bridgehead atoms. The van der Waals surface area contributed by atoms with Gasteiger partial charge in [0, 0.05) is 4.88 Å². The molecule has 2 nitrogen and oxygen atoms in total. The van der Waals surface area contributed by atoms with E-state index in [1.807, 2.05) is 31.2 Å². The summed E-state index contributed by atoms with van der Waals surface area (Å²) >= 11 is 1.72. The summed E-state index contributed by atoms with van der Waals surface area (Å²) in [7, 11) is 0. The van der Waals surface area contributed by atoms with Crippen LogP contribution < -0.4 is 5.32 Å². The van der Waals surface area contributed by atoms with E-state index in [-0.39, 0.29) is 6.04 Å². The fourth-order valence-corrected chi connectivity index (χ4v) is 2.45. The molecular formula is C14H14N2S. The minimum atomic E-state index is 0.226. The van der Waals surface area contributed by atoms with Gasteiger partial charge in [-0.05, 0) is 43.0 Å². The fourth-order valence-electron chi connectivity index (χ4n) is 1.72. The van der Waals surface area contributed by atoms with Crippen LogP contribution in [0, 0.1) is 18.3 Å². The van der Waals surface area contributed by atoms with Gasteiger partial charge in [0.05, 0.1) is 17.3 Å². The van der Waals surface area contributed by atoms with Gasteiger partial charge in [0.1, 0.15) is 6.07 Å². The fraction of sp³-hybridized carbons (Fsp3) is 0.214. The third-order valence-corrected chi connectivity index (χ3v) is 3.69. The van der Waals surface area contributed by atoms with Crippen molar-refractivity contribution in [1.29, 1.82) is 5.26 Å². The smallest absolute Gasteiger partial charge is 0.101 e. The van der Waals surface area contributed by atoms with Crippen LogP contribution >= 0.6 is 11.3 Å². The van der Waals surface area contributed by atoms with Gasteiger partial charge in [-0.25, -0.2) is 0 Å². The number of benzene rings is 1. The maximum atomic E-state index is 9.07. The first-order chi connectivity index (χ1) is 8.20. The molecule has 2 rings (SSSR count). The van der Waals surface area contributed by atoms with Crippen molar-refractivity contribution in [2.24, 2.45) is 0 Å². The molecule has 1 atom stereocenters. The predicted molar refractivity (Wildman–Crippen MR) is 72.3 cm³/mol. The lowest BCUT2D eigenvalue weighted by Gasteiger charge is -2.15. The Morgan fingerprint density at radius 3 is 2.82 bits per heavy atom. The first-order valence-corrected chi connectivity index (χ1v) is 6.39. The molecule has 0 saturated carbocycles. The molecule has 0 spiro atoms. The highest BCUT2D eigenvalue weighted by molar-refractivity contribution is 7.10. The predicted octanol–water partition coefficient (Wildman–Crippen LogP) is 4.10. The van der Waals surface area contributed by atoms with Gasteiger partial charge in [-0.3, -0.25) is 0 Å². The van der Waals surface area contributed by atoms with Crippen LogP contribution in [0.25, 0.3) is 0 Å². The molecule has 0 fully saturated rings. The Kier molecular flexibility index (Phi) is 3.46. The average molecular weight is 242 g/mol. The maximum absolute atomic E-state index is 9.07. The van der Waals surface area contributed by atoms with Gasteiger partial charge in [-0.1, -0.05) is 12.1 Å². The first kappa shape index (κ1) is 11.7. The zero-order chi connectivity index (χ0) is 12.3. The summed E-state index contributed by atoms with van der Waals surface area (Å²) in [5.41, 5.74) is 2.76. The molecule has 3 heteroatoms. The summed E-state index contributed by atoms with van der Waals surface area (Å²) in [6, 6.07) is 12.4. The largest absolute Gasteiger partial charge is 0.377 e. The number of aryl methyl sites for hydroxylation is 1. The van der Waals surface area contributed by atoms with Gasteiger partial charge in [0.2, 0.25) is 0 Å². The van der Waals surface area contributed by atoms with Gasteiger partial charge in [0.25, 0.3) is 0 Å². The zero-order valence-corrected chi connectivity index (χ0v) is 10.7. The highest BCUT2D eigenvalue weighted by atomic mass is 32.1. The number of thiophene rings is 1. The van der Waals surface area contributed by atoms with Crippen LogP contribution in [0.15, 0.2) is 35.7 Å². The van der Waals surface area contributed by atoms with Gasteiger partial charge in [-0.2, -0.15) is 5.26 Å². The van der Waals surface area contributed by atoms with Crippen molar-refractivity contribution in [2.45, 2.75) is 19.9 Å². The molecule has 0 aliphatic heterocycles. The molecule has 17 heavy (non-hydrogen) atoms. The lowest BCUT2D eigenvalue weighted by molar-refractivity contribution is 0.907. The van der Waals surface area contributed by atoms with E-state index in [4.69, 9.17) is 5.26 Å². The molecule has 1 aromatic heterocycles. The number of nitriles is 1. The minimum Gasteiger partial charge on any atom is -0.377 e. The number of nitrogens with one attached hydrogen (secondary N) is 1. The van der Waals surface area contributed by atoms with Crippen LogP contribution in [0.1, 0.15) is 29.0 Å². The molecule has 1 aromatic carbocycles. The number of anilines is 1. The summed E-state index contributed by atoms with van der Waals surface area (Å²) in [6.45, 7) is 4.14. The maximum Gasteiger partial charge on any atom is 0.101 e. The molecule has 0 radical (unpaired) electrons. The Morgan fingerprint density at radius 2 is 2.18 bits per heavy atom. The van der Waals surface area contributed by atoms with Crippen molar-refractivity contribution in [3.8, 4) is 6.07 Å². The molecule has 0 saturated heterocycles. The summed E-state index contributed by atoms with van der Waals surface area (Å²) in [4.78, 5) is 1.27. The average Bonchev–Trinajstić information content (AvgIpc) is 2.83. The van der Waals surface area contributed by atoms with E-state index in [2.05, 4.69) is 29.8 Å². The third-order valence-electron chi connectivity index (χ3n) is 2.64. The highest BCUT2D eigenvalue weighted by Crippen LogP contribution is 2.25.